The van der Waals surface area contributed by atoms with Crippen LogP contribution >= 0.6 is 12.2 Å². The van der Waals surface area contributed by atoms with Gasteiger partial charge in [-0.1, -0.05) is 29.8 Å². The van der Waals surface area contributed by atoms with Gasteiger partial charge in [0.15, 0.2) is 5.11 Å². The number of para-hydroxylation sites is 1. The molecular weight excluding hydrogens is 364 g/mol. The fourth-order valence-corrected chi connectivity index (χ4v) is 3.35. The molecule has 0 saturated carbocycles. The van der Waals surface area contributed by atoms with E-state index in [4.69, 9.17) is 17.2 Å². The van der Waals surface area contributed by atoms with Gasteiger partial charge >= 0.3 is 0 Å². The molecule has 0 unspecified atom stereocenters. The Labute approximate surface area is 170 Å². The number of nitrogens with zero attached hydrogens (tertiary/aromatic N) is 1. The summed E-state index contributed by atoms with van der Waals surface area (Å²) in [6.07, 6.45) is 0. The lowest BCUT2D eigenvalue weighted by atomic mass is 10.1. The first-order valence-electron chi connectivity index (χ1n) is 9.20. The van der Waals surface area contributed by atoms with Gasteiger partial charge in [0.05, 0.1) is 16.7 Å². The number of benzene rings is 3. The second-order valence-electron chi connectivity index (χ2n) is 7.03. The van der Waals surface area contributed by atoms with Crippen LogP contribution in [0.3, 0.4) is 0 Å². The Kier molecular flexibility index (Phi) is 4.84. The number of aromatic amines is 1. The van der Waals surface area contributed by atoms with Crippen molar-refractivity contribution >= 4 is 39.7 Å². The van der Waals surface area contributed by atoms with Crippen molar-refractivity contribution in [1.82, 2.24) is 9.97 Å². The van der Waals surface area contributed by atoms with Crippen LogP contribution in [0, 0.1) is 20.8 Å². The second kappa shape index (κ2) is 7.44. The van der Waals surface area contributed by atoms with Gasteiger partial charge < -0.3 is 15.6 Å². The van der Waals surface area contributed by atoms with E-state index in [1.165, 1.54) is 16.7 Å². The standard InChI is InChI=1S/C23H22N4S/c1-14-8-10-17(11-9-14)24-23(28)27-19-7-5-4-6-18(19)22-25-20-12-15(2)16(3)13-21(20)26-22/h4-13H,1-3H3,(H,25,26)(H2,24,27,28). The minimum atomic E-state index is 0.541. The lowest BCUT2D eigenvalue weighted by molar-refractivity contribution is 1.33. The van der Waals surface area contributed by atoms with Crippen LogP contribution in [0.25, 0.3) is 22.4 Å². The Balaban J connectivity index is 1.61. The molecule has 0 aliphatic heterocycles. The zero-order valence-corrected chi connectivity index (χ0v) is 16.9. The number of aryl methyl sites for hydroxylation is 3. The molecule has 0 bridgehead atoms. The quantitative estimate of drug-likeness (QED) is 0.380. The van der Waals surface area contributed by atoms with Crippen molar-refractivity contribution in [3.8, 4) is 11.4 Å². The van der Waals surface area contributed by atoms with E-state index in [0.717, 1.165) is 33.8 Å². The highest BCUT2D eigenvalue weighted by Gasteiger charge is 2.11. The van der Waals surface area contributed by atoms with Crippen molar-refractivity contribution in [2.24, 2.45) is 0 Å². The molecule has 1 heterocycles. The average Bonchev–Trinajstić information content (AvgIpc) is 3.07. The molecule has 4 rings (SSSR count). The fourth-order valence-electron chi connectivity index (χ4n) is 3.12. The normalized spacial score (nSPS) is 10.8. The van der Waals surface area contributed by atoms with Crippen LogP contribution in [0.15, 0.2) is 60.7 Å². The third-order valence-corrected chi connectivity index (χ3v) is 5.04. The van der Waals surface area contributed by atoms with E-state index in [1.54, 1.807) is 0 Å². The molecule has 0 radical (unpaired) electrons. The molecule has 28 heavy (non-hydrogen) atoms. The molecule has 0 aliphatic carbocycles. The summed E-state index contributed by atoms with van der Waals surface area (Å²) in [6.45, 7) is 6.28. The van der Waals surface area contributed by atoms with Crippen LogP contribution in [-0.4, -0.2) is 15.1 Å². The number of nitrogens with one attached hydrogen (secondary N) is 3. The minimum absolute atomic E-state index is 0.541. The van der Waals surface area contributed by atoms with Gasteiger partial charge in [0.2, 0.25) is 0 Å². The summed E-state index contributed by atoms with van der Waals surface area (Å²) in [6, 6.07) is 20.4. The third-order valence-electron chi connectivity index (χ3n) is 4.84. The van der Waals surface area contributed by atoms with E-state index in [0.29, 0.717) is 5.11 Å². The van der Waals surface area contributed by atoms with Gasteiger partial charge in [-0.05, 0) is 80.5 Å². The Morgan fingerprint density at radius 2 is 1.61 bits per heavy atom. The summed E-state index contributed by atoms with van der Waals surface area (Å²) in [5.74, 6) is 0.821. The van der Waals surface area contributed by atoms with Crippen molar-refractivity contribution in [1.29, 1.82) is 0 Å². The van der Waals surface area contributed by atoms with Gasteiger partial charge in [0.1, 0.15) is 5.82 Å². The van der Waals surface area contributed by atoms with Crippen molar-refractivity contribution < 1.29 is 0 Å². The second-order valence-corrected chi connectivity index (χ2v) is 7.44. The van der Waals surface area contributed by atoms with Crippen LogP contribution in [0.5, 0.6) is 0 Å². The molecule has 140 valence electrons. The van der Waals surface area contributed by atoms with Gasteiger partial charge in [-0.2, -0.15) is 0 Å². The minimum Gasteiger partial charge on any atom is -0.338 e. The van der Waals surface area contributed by atoms with Gasteiger partial charge in [-0.25, -0.2) is 4.98 Å². The van der Waals surface area contributed by atoms with Gasteiger partial charge in [-0.15, -0.1) is 0 Å². The van der Waals surface area contributed by atoms with Crippen molar-refractivity contribution in [3.63, 3.8) is 0 Å². The maximum atomic E-state index is 5.51. The summed E-state index contributed by atoms with van der Waals surface area (Å²) in [7, 11) is 0. The summed E-state index contributed by atoms with van der Waals surface area (Å²) in [4.78, 5) is 8.22. The van der Waals surface area contributed by atoms with Crippen molar-refractivity contribution in [2.45, 2.75) is 20.8 Å². The number of rotatable bonds is 3. The fraction of sp³-hybridized carbons (Fsp3) is 0.130. The topological polar surface area (TPSA) is 52.7 Å². The summed E-state index contributed by atoms with van der Waals surface area (Å²) in [5.41, 5.74) is 8.53. The molecule has 3 N–H and O–H groups in total. The number of imidazole rings is 1. The number of H-pyrrole nitrogens is 1. The predicted octanol–water partition coefficient (Wildman–Crippen LogP) is 5.96. The molecule has 0 fully saturated rings. The largest absolute Gasteiger partial charge is 0.338 e. The lowest BCUT2D eigenvalue weighted by Crippen LogP contribution is -2.19. The number of anilines is 2. The maximum absolute atomic E-state index is 5.51. The highest BCUT2D eigenvalue weighted by Crippen LogP contribution is 2.28. The number of aromatic nitrogens is 2. The van der Waals surface area contributed by atoms with Gasteiger partial charge in [-0.3, -0.25) is 0 Å². The molecular formula is C23H22N4S. The first-order valence-corrected chi connectivity index (χ1v) is 9.61. The molecule has 4 nitrogen and oxygen atoms in total. The number of hydrogen-bond acceptors (Lipinski definition) is 2. The number of fused-ring (bicyclic) bond motifs is 1. The van der Waals surface area contributed by atoms with E-state index in [-0.39, 0.29) is 0 Å². The van der Waals surface area contributed by atoms with Crippen LogP contribution in [-0.2, 0) is 0 Å². The Hall–Kier alpha value is -3.18. The Morgan fingerprint density at radius 1 is 0.893 bits per heavy atom. The number of hydrogen-bond donors (Lipinski definition) is 3. The predicted molar refractivity (Wildman–Crippen MR) is 122 cm³/mol. The summed E-state index contributed by atoms with van der Waals surface area (Å²) >= 11 is 5.51. The molecule has 0 spiro atoms. The highest BCUT2D eigenvalue weighted by atomic mass is 32.1. The maximum Gasteiger partial charge on any atom is 0.175 e. The van der Waals surface area contributed by atoms with Crippen LogP contribution < -0.4 is 10.6 Å². The molecule has 0 atom stereocenters. The Morgan fingerprint density at radius 3 is 2.39 bits per heavy atom. The average molecular weight is 387 g/mol. The van der Waals surface area contributed by atoms with E-state index in [2.05, 4.69) is 60.7 Å². The van der Waals surface area contributed by atoms with Crippen LogP contribution in [0.2, 0.25) is 0 Å². The molecule has 1 aromatic heterocycles. The molecule has 0 saturated heterocycles. The Bertz CT molecular complexity index is 1120. The summed E-state index contributed by atoms with van der Waals surface area (Å²) in [5, 5.41) is 7.07. The number of thiocarbonyl (C=S) groups is 1. The molecule has 4 aromatic rings. The molecule has 0 amide bonds. The van der Waals surface area contributed by atoms with Gasteiger partial charge in [0, 0.05) is 11.3 Å². The van der Waals surface area contributed by atoms with E-state index >= 15 is 0 Å². The van der Waals surface area contributed by atoms with E-state index in [9.17, 15) is 0 Å². The third kappa shape index (κ3) is 3.75. The smallest absolute Gasteiger partial charge is 0.175 e. The zero-order valence-electron chi connectivity index (χ0n) is 16.1. The summed E-state index contributed by atoms with van der Waals surface area (Å²) < 4.78 is 0. The van der Waals surface area contributed by atoms with E-state index in [1.807, 2.05) is 36.4 Å². The SMILES string of the molecule is Cc1ccc(NC(=S)Nc2ccccc2-c2nc3cc(C)c(C)cc3[nH]2)cc1. The van der Waals surface area contributed by atoms with Crippen molar-refractivity contribution in [3.05, 3.63) is 77.4 Å². The first-order chi connectivity index (χ1) is 13.5. The lowest BCUT2D eigenvalue weighted by Gasteiger charge is -2.13. The first kappa shape index (κ1) is 18.2. The monoisotopic (exact) mass is 386 g/mol. The van der Waals surface area contributed by atoms with Gasteiger partial charge in [0.25, 0.3) is 0 Å². The molecule has 0 aliphatic rings. The van der Waals surface area contributed by atoms with Crippen LogP contribution in [0.4, 0.5) is 11.4 Å². The van der Waals surface area contributed by atoms with Crippen LogP contribution in [0.1, 0.15) is 16.7 Å². The highest BCUT2D eigenvalue weighted by molar-refractivity contribution is 7.80. The van der Waals surface area contributed by atoms with E-state index < -0.39 is 0 Å². The zero-order chi connectivity index (χ0) is 19.7. The van der Waals surface area contributed by atoms with Crippen molar-refractivity contribution in [2.75, 3.05) is 10.6 Å². The molecule has 3 aromatic carbocycles. The molecule has 5 heteroatoms.